The van der Waals surface area contributed by atoms with Crippen LogP contribution in [0, 0.1) is 19.3 Å². The lowest BCUT2D eigenvalue weighted by molar-refractivity contribution is -0.146. The van der Waals surface area contributed by atoms with Gasteiger partial charge < -0.3 is 30.0 Å². The van der Waals surface area contributed by atoms with Crippen molar-refractivity contribution in [3.8, 4) is 0 Å². The van der Waals surface area contributed by atoms with Crippen LogP contribution in [0.2, 0.25) is 0 Å². The Morgan fingerprint density at radius 1 is 1.02 bits per heavy atom. The van der Waals surface area contributed by atoms with Crippen LogP contribution < -0.4 is 0 Å². The fourth-order valence-electron chi connectivity index (χ4n) is 5.59. The van der Waals surface area contributed by atoms with E-state index < -0.39 is 41.9 Å². The molecule has 0 aromatic heterocycles. The van der Waals surface area contributed by atoms with E-state index in [0.29, 0.717) is 5.56 Å². The van der Waals surface area contributed by atoms with E-state index in [1.54, 1.807) is 16.7 Å². The largest absolute Gasteiger partial charge is 0.416 e. The second-order valence-corrected chi connectivity index (χ2v) is 11.0. The molecule has 0 bridgehead atoms. The number of halogens is 3. The van der Waals surface area contributed by atoms with Crippen LogP contribution in [0.15, 0.2) is 42.5 Å². The molecule has 2 unspecified atom stereocenters. The van der Waals surface area contributed by atoms with Crippen molar-refractivity contribution in [3.63, 3.8) is 0 Å². The number of aryl methyl sites for hydroxylation is 2. The lowest BCUT2D eigenvalue weighted by atomic mass is 9.81. The Morgan fingerprint density at radius 3 is 2.22 bits per heavy atom. The number of benzene rings is 2. The average molecular weight is 580 g/mol. The van der Waals surface area contributed by atoms with Crippen LogP contribution >= 0.6 is 0 Å². The highest BCUT2D eigenvalue weighted by atomic mass is 19.4. The minimum atomic E-state index is -4.58. The summed E-state index contributed by atoms with van der Waals surface area (Å²) in [7, 11) is 1.45. The molecule has 0 saturated carbocycles. The van der Waals surface area contributed by atoms with E-state index in [2.05, 4.69) is 0 Å². The molecule has 3 rings (SSSR count). The Labute approximate surface area is 239 Å². The zero-order chi connectivity index (χ0) is 30.5. The van der Waals surface area contributed by atoms with Gasteiger partial charge in [0.05, 0.1) is 29.7 Å². The van der Waals surface area contributed by atoms with Crippen molar-refractivity contribution >= 4 is 11.9 Å². The maximum atomic E-state index is 14.0. The highest BCUT2D eigenvalue weighted by Crippen LogP contribution is 2.36. The summed E-state index contributed by atoms with van der Waals surface area (Å²) in [5.74, 6) is -0.229. The number of hydrogen-bond donors (Lipinski definition) is 3. The fourth-order valence-corrected chi connectivity index (χ4v) is 5.59. The second-order valence-electron chi connectivity index (χ2n) is 11.0. The predicted octanol–water partition coefficient (Wildman–Crippen LogP) is 4.06. The van der Waals surface area contributed by atoms with Crippen LogP contribution in [0.3, 0.4) is 0 Å². The number of piperazine rings is 1. The van der Waals surface area contributed by atoms with Crippen molar-refractivity contribution in [2.75, 3.05) is 46.5 Å². The van der Waals surface area contributed by atoms with Gasteiger partial charge in [0, 0.05) is 39.9 Å². The number of likely N-dealkylation sites (N-methyl/N-ethyl adjacent to an activating group) is 1. The fraction of sp³-hybridized carbons (Fsp3) is 0.533. The van der Waals surface area contributed by atoms with Gasteiger partial charge in [0.2, 0.25) is 5.91 Å². The Kier molecular flexibility index (Phi) is 10.4. The maximum Gasteiger partial charge on any atom is 0.416 e. The Hall–Kier alpha value is -3.15. The zero-order valence-corrected chi connectivity index (χ0v) is 24.0. The first-order valence-corrected chi connectivity index (χ1v) is 13.7. The lowest BCUT2D eigenvalue weighted by Gasteiger charge is -2.46. The third-order valence-electron chi connectivity index (χ3n) is 8.06. The van der Waals surface area contributed by atoms with E-state index in [0.717, 1.165) is 23.3 Å². The molecular formula is C30H40F3N3O5. The molecule has 3 amide bonds. The van der Waals surface area contributed by atoms with Crippen LogP contribution in [0.25, 0.3) is 0 Å². The molecule has 3 N–H and O–H groups in total. The number of amides is 3. The third-order valence-corrected chi connectivity index (χ3v) is 8.06. The molecule has 8 nitrogen and oxygen atoms in total. The minimum absolute atomic E-state index is 0.141. The second kappa shape index (κ2) is 13.2. The topological polar surface area (TPSA) is 105 Å². The van der Waals surface area contributed by atoms with Crippen LogP contribution in [-0.2, 0) is 11.0 Å². The van der Waals surface area contributed by atoms with Crippen LogP contribution in [0.1, 0.15) is 59.7 Å². The van der Waals surface area contributed by atoms with Gasteiger partial charge in [0.15, 0.2) is 0 Å². The van der Waals surface area contributed by atoms with Crippen LogP contribution in [-0.4, -0.2) is 88.5 Å². The van der Waals surface area contributed by atoms with E-state index in [-0.39, 0.29) is 57.2 Å². The van der Waals surface area contributed by atoms with Crippen molar-refractivity contribution < 1.29 is 38.1 Å². The van der Waals surface area contributed by atoms with E-state index >= 15 is 0 Å². The summed E-state index contributed by atoms with van der Waals surface area (Å²) in [6, 6.07) is 8.87. The number of alkyl halides is 3. The van der Waals surface area contributed by atoms with Crippen molar-refractivity contribution in [2.45, 2.75) is 51.9 Å². The van der Waals surface area contributed by atoms with Crippen molar-refractivity contribution in [3.05, 3.63) is 70.3 Å². The molecule has 1 heterocycles. The summed E-state index contributed by atoms with van der Waals surface area (Å²) >= 11 is 0. The van der Waals surface area contributed by atoms with Crippen LogP contribution in [0.5, 0.6) is 0 Å². The highest BCUT2D eigenvalue weighted by molar-refractivity contribution is 5.83. The van der Waals surface area contributed by atoms with E-state index in [9.17, 15) is 38.1 Å². The summed E-state index contributed by atoms with van der Waals surface area (Å²) < 4.78 is 40.5. The summed E-state index contributed by atoms with van der Waals surface area (Å²) in [5.41, 5.74) is 0.395. The Morgan fingerprint density at radius 2 is 1.66 bits per heavy atom. The van der Waals surface area contributed by atoms with Gasteiger partial charge in [-0.1, -0.05) is 42.8 Å². The molecule has 226 valence electrons. The molecule has 1 saturated heterocycles. The zero-order valence-electron chi connectivity index (χ0n) is 24.0. The maximum absolute atomic E-state index is 14.0. The number of hydrogen-bond acceptors (Lipinski definition) is 5. The van der Waals surface area contributed by atoms with Gasteiger partial charge in [-0.15, -0.1) is 0 Å². The Balaban J connectivity index is 1.96. The number of urea groups is 1. The monoisotopic (exact) mass is 579 g/mol. The van der Waals surface area contributed by atoms with Crippen LogP contribution in [0.4, 0.5) is 18.0 Å². The molecule has 2 aromatic rings. The first kappa shape index (κ1) is 32.4. The Bertz CT molecular complexity index is 1220. The quantitative estimate of drug-likeness (QED) is 0.416. The normalized spacial score (nSPS) is 17.0. The summed E-state index contributed by atoms with van der Waals surface area (Å²) in [5, 5.41) is 29.4. The molecule has 1 aliphatic heterocycles. The highest BCUT2D eigenvalue weighted by Gasteiger charge is 2.42. The molecule has 2 aromatic carbocycles. The summed E-state index contributed by atoms with van der Waals surface area (Å²) in [6.07, 6.45) is -4.22. The molecule has 41 heavy (non-hydrogen) atoms. The van der Waals surface area contributed by atoms with Gasteiger partial charge in [-0.3, -0.25) is 4.79 Å². The van der Waals surface area contributed by atoms with E-state index in [1.165, 1.54) is 24.9 Å². The first-order chi connectivity index (χ1) is 19.3. The molecule has 1 aliphatic rings. The predicted molar refractivity (Wildman–Crippen MR) is 148 cm³/mol. The summed E-state index contributed by atoms with van der Waals surface area (Å²) in [6.45, 7) is 4.60. The average Bonchev–Trinajstić information content (AvgIpc) is 2.92. The standard InChI is InChI=1S/C30H40F3N3O5/c1-20-15-22(17-23(16-20)30(31,32)33)26(19-39)34(4)28(41)36-12-11-35(27(40)29(3,9-13-37)10-14-38)18-25(36)24-8-6-5-7-21(24)2/h5-8,15-17,25-26,37-39H,9-14,18-19H2,1-4H3. The van der Waals surface area contributed by atoms with Gasteiger partial charge in [-0.25, -0.2) is 4.79 Å². The third kappa shape index (κ3) is 7.20. The molecule has 0 radical (unpaired) electrons. The van der Waals surface area contributed by atoms with Crippen molar-refractivity contribution in [1.29, 1.82) is 0 Å². The van der Waals surface area contributed by atoms with Gasteiger partial charge in [0.1, 0.15) is 0 Å². The van der Waals surface area contributed by atoms with Gasteiger partial charge in [-0.2, -0.15) is 13.2 Å². The molecule has 2 atom stereocenters. The van der Waals surface area contributed by atoms with Gasteiger partial charge >= 0.3 is 12.2 Å². The first-order valence-electron chi connectivity index (χ1n) is 13.7. The number of nitrogens with zero attached hydrogens (tertiary/aromatic N) is 3. The molecule has 0 aliphatic carbocycles. The lowest BCUT2D eigenvalue weighted by Crippen LogP contribution is -2.57. The minimum Gasteiger partial charge on any atom is -0.396 e. The number of carbonyl (C=O) groups is 2. The number of aliphatic hydroxyl groups is 3. The van der Waals surface area contributed by atoms with E-state index in [4.69, 9.17) is 0 Å². The molecule has 0 spiro atoms. The van der Waals surface area contributed by atoms with Gasteiger partial charge in [-0.05, 0) is 55.5 Å². The molecular weight excluding hydrogens is 539 g/mol. The number of carbonyl (C=O) groups excluding carboxylic acids is 2. The number of aliphatic hydroxyl groups excluding tert-OH is 3. The SMILES string of the molecule is Cc1cc(C(CO)N(C)C(=O)N2CCN(C(=O)C(C)(CCO)CCO)CC2c2ccccc2C)cc(C(F)(F)F)c1. The van der Waals surface area contributed by atoms with Gasteiger partial charge in [0.25, 0.3) is 0 Å². The molecule has 11 heteroatoms. The van der Waals surface area contributed by atoms with Crippen molar-refractivity contribution in [1.82, 2.24) is 14.7 Å². The smallest absolute Gasteiger partial charge is 0.396 e. The van der Waals surface area contributed by atoms with E-state index in [1.807, 2.05) is 31.2 Å². The van der Waals surface area contributed by atoms with Crippen molar-refractivity contribution in [2.24, 2.45) is 5.41 Å². The summed E-state index contributed by atoms with van der Waals surface area (Å²) in [4.78, 5) is 32.1. The number of rotatable bonds is 9. The molecule has 1 fully saturated rings.